The molecule has 0 aromatic rings. The van der Waals surface area contributed by atoms with Gasteiger partial charge < -0.3 is 15.0 Å². The minimum Gasteiger partial charge on any atom is -0.444 e. The fraction of sp³-hybridized carbons (Fsp3) is 0.812. The van der Waals surface area contributed by atoms with Crippen LogP contribution < -0.4 is 5.32 Å². The van der Waals surface area contributed by atoms with Crippen LogP contribution in [0.4, 0.5) is 4.79 Å². The molecule has 0 aliphatic carbocycles. The maximum absolute atomic E-state index is 12.1. The molecule has 130 valence electrons. The van der Waals surface area contributed by atoms with Crippen LogP contribution in [0, 0.1) is 0 Å². The van der Waals surface area contributed by atoms with Crippen molar-refractivity contribution in [3.8, 4) is 0 Å². The van der Waals surface area contributed by atoms with Crippen LogP contribution in [0.3, 0.4) is 0 Å². The Labute approximate surface area is 138 Å². The Morgan fingerprint density at radius 2 is 1.87 bits per heavy atom. The van der Waals surface area contributed by atoms with Gasteiger partial charge in [0.15, 0.2) is 0 Å². The van der Waals surface area contributed by atoms with Crippen molar-refractivity contribution in [2.24, 2.45) is 4.99 Å². The summed E-state index contributed by atoms with van der Waals surface area (Å²) in [7, 11) is 0. The molecule has 0 unspecified atom stereocenters. The molecule has 1 N–H and O–H groups in total. The lowest BCUT2D eigenvalue weighted by Crippen LogP contribution is -2.47. The molecule has 0 atom stereocenters. The summed E-state index contributed by atoms with van der Waals surface area (Å²) in [6, 6.07) is 0. The molecule has 0 aromatic carbocycles. The predicted octanol–water partition coefficient (Wildman–Crippen LogP) is 1.24. The first-order valence-electron chi connectivity index (χ1n) is 8.38. The van der Waals surface area contributed by atoms with E-state index in [4.69, 9.17) is 4.74 Å². The van der Waals surface area contributed by atoms with E-state index >= 15 is 0 Å². The fourth-order valence-corrected chi connectivity index (χ4v) is 2.65. The first-order valence-corrected chi connectivity index (χ1v) is 8.38. The highest BCUT2D eigenvalue weighted by molar-refractivity contribution is 5.88. The van der Waals surface area contributed by atoms with Gasteiger partial charge in [0.1, 0.15) is 11.4 Å². The zero-order valence-corrected chi connectivity index (χ0v) is 14.4. The summed E-state index contributed by atoms with van der Waals surface area (Å²) in [5.74, 6) is 0.937. The van der Waals surface area contributed by atoms with E-state index in [1.165, 1.54) is 0 Å². The Hall–Kier alpha value is -1.79. The van der Waals surface area contributed by atoms with E-state index in [2.05, 4.69) is 10.3 Å². The molecule has 2 heterocycles. The van der Waals surface area contributed by atoms with E-state index in [0.29, 0.717) is 32.6 Å². The zero-order valence-electron chi connectivity index (χ0n) is 14.4. The van der Waals surface area contributed by atoms with Crippen molar-refractivity contribution in [3.63, 3.8) is 0 Å². The van der Waals surface area contributed by atoms with E-state index in [1.807, 2.05) is 25.7 Å². The van der Waals surface area contributed by atoms with Gasteiger partial charge in [-0.1, -0.05) is 0 Å². The van der Waals surface area contributed by atoms with Crippen molar-refractivity contribution in [1.82, 2.24) is 15.1 Å². The van der Waals surface area contributed by atoms with Crippen LogP contribution in [0.1, 0.15) is 40.0 Å². The molecule has 2 aliphatic rings. The summed E-state index contributed by atoms with van der Waals surface area (Å²) in [5, 5.41) is 3.18. The van der Waals surface area contributed by atoms with Gasteiger partial charge in [-0.25, -0.2) is 4.79 Å². The molecule has 2 rings (SSSR count). The number of carbonyl (C=O) groups is 2. The molecule has 0 bridgehead atoms. The van der Waals surface area contributed by atoms with Crippen LogP contribution >= 0.6 is 0 Å². The maximum atomic E-state index is 12.1. The number of hydrogen-bond acceptors (Lipinski definition) is 5. The smallest absolute Gasteiger partial charge is 0.410 e. The van der Waals surface area contributed by atoms with Crippen molar-refractivity contribution in [2.75, 3.05) is 39.3 Å². The monoisotopic (exact) mass is 324 g/mol. The molecule has 2 amide bonds. The van der Waals surface area contributed by atoms with Crippen LogP contribution in [0.5, 0.6) is 0 Å². The highest BCUT2D eigenvalue weighted by Gasteiger charge is 2.25. The molecule has 1 saturated heterocycles. The third kappa shape index (κ3) is 5.73. The van der Waals surface area contributed by atoms with Crippen LogP contribution in [0.25, 0.3) is 0 Å². The lowest BCUT2D eigenvalue weighted by atomic mass is 10.2. The Kier molecular flexibility index (Phi) is 5.85. The standard InChI is InChI=1S/C16H28N4O3/c1-16(2,3)23-15(22)20-11-8-18-13(12-20)17-7-6-14(21)19-9-4-5-10-19/h4-12H2,1-3H3,(H,17,18). The maximum Gasteiger partial charge on any atom is 0.410 e. The molecule has 1 fully saturated rings. The van der Waals surface area contributed by atoms with Crippen LogP contribution in [0.2, 0.25) is 0 Å². The molecule has 0 radical (unpaired) electrons. The molecular weight excluding hydrogens is 296 g/mol. The number of likely N-dealkylation sites (tertiary alicyclic amines) is 1. The van der Waals surface area contributed by atoms with E-state index in [9.17, 15) is 9.59 Å². The summed E-state index contributed by atoms with van der Waals surface area (Å²) in [5.41, 5.74) is -0.499. The van der Waals surface area contributed by atoms with E-state index in [-0.39, 0.29) is 12.0 Å². The summed E-state index contributed by atoms with van der Waals surface area (Å²) in [6.45, 7) is 9.40. The molecule has 0 saturated carbocycles. The van der Waals surface area contributed by atoms with Crippen LogP contribution in [-0.2, 0) is 9.53 Å². The molecular formula is C16H28N4O3. The molecule has 0 spiro atoms. The number of carbonyl (C=O) groups excluding carboxylic acids is 2. The van der Waals surface area contributed by atoms with Gasteiger partial charge in [0.25, 0.3) is 0 Å². The number of amides is 2. The number of amidine groups is 1. The second-order valence-corrected chi connectivity index (χ2v) is 6.99. The second-order valence-electron chi connectivity index (χ2n) is 6.99. The van der Waals surface area contributed by atoms with Crippen molar-refractivity contribution in [1.29, 1.82) is 0 Å². The highest BCUT2D eigenvalue weighted by Crippen LogP contribution is 2.11. The largest absolute Gasteiger partial charge is 0.444 e. The van der Waals surface area contributed by atoms with Gasteiger partial charge in [-0.2, -0.15) is 0 Å². The molecule has 0 aromatic heterocycles. The van der Waals surface area contributed by atoms with E-state index in [0.717, 1.165) is 31.8 Å². The van der Waals surface area contributed by atoms with Gasteiger partial charge in [-0.05, 0) is 33.6 Å². The number of aliphatic imine (C=N–C) groups is 1. The van der Waals surface area contributed by atoms with Crippen molar-refractivity contribution >= 4 is 17.8 Å². The van der Waals surface area contributed by atoms with Crippen LogP contribution in [0.15, 0.2) is 4.99 Å². The number of nitrogens with one attached hydrogen (secondary N) is 1. The van der Waals surface area contributed by atoms with Gasteiger partial charge in [0, 0.05) is 32.6 Å². The number of nitrogens with zero attached hydrogens (tertiary/aromatic N) is 3. The molecule has 23 heavy (non-hydrogen) atoms. The Morgan fingerprint density at radius 3 is 2.52 bits per heavy atom. The summed E-state index contributed by atoms with van der Waals surface area (Å²) >= 11 is 0. The number of ether oxygens (including phenoxy) is 1. The van der Waals surface area contributed by atoms with Crippen molar-refractivity contribution in [2.45, 2.75) is 45.6 Å². The van der Waals surface area contributed by atoms with E-state index < -0.39 is 5.60 Å². The van der Waals surface area contributed by atoms with Gasteiger partial charge in [-0.3, -0.25) is 14.7 Å². The minimum atomic E-state index is -0.499. The average molecular weight is 324 g/mol. The SMILES string of the molecule is CC(C)(C)OC(=O)N1CCN=C(NCCC(=O)N2CCCC2)C1. The third-order valence-electron chi connectivity index (χ3n) is 3.79. The van der Waals surface area contributed by atoms with E-state index in [1.54, 1.807) is 4.90 Å². The topological polar surface area (TPSA) is 74.2 Å². The summed E-state index contributed by atoms with van der Waals surface area (Å²) in [6.07, 6.45) is 2.36. The highest BCUT2D eigenvalue weighted by atomic mass is 16.6. The zero-order chi connectivity index (χ0) is 16.9. The molecule has 2 aliphatic heterocycles. The first-order chi connectivity index (χ1) is 10.8. The Morgan fingerprint density at radius 1 is 1.17 bits per heavy atom. The van der Waals surface area contributed by atoms with Crippen molar-refractivity contribution in [3.05, 3.63) is 0 Å². The Bertz CT molecular complexity index is 464. The summed E-state index contributed by atoms with van der Waals surface area (Å²) < 4.78 is 5.38. The summed E-state index contributed by atoms with van der Waals surface area (Å²) in [4.78, 5) is 32.0. The number of hydrogen-bond donors (Lipinski definition) is 1. The molecule has 7 nitrogen and oxygen atoms in total. The average Bonchev–Trinajstić information content (AvgIpc) is 3.00. The van der Waals surface area contributed by atoms with Gasteiger partial charge in [0.2, 0.25) is 5.91 Å². The molecule has 7 heteroatoms. The Balaban J connectivity index is 1.72. The lowest BCUT2D eigenvalue weighted by Gasteiger charge is -2.30. The van der Waals surface area contributed by atoms with Crippen molar-refractivity contribution < 1.29 is 14.3 Å². The third-order valence-corrected chi connectivity index (χ3v) is 3.79. The quantitative estimate of drug-likeness (QED) is 0.847. The normalized spacial score (nSPS) is 18.7. The number of rotatable bonds is 3. The van der Waals surface area contributed by atoms with Gasteiger partial charge in [0.05, 0.1) is 13.1 Å². The predicted molar refractivity (Wildman–Crippen MR) is 88.5 cm³/mol. The minimum absolute atomic E-state index is 0.190. The fourth-order valence-electron chi connectivity index (χ4n) is 2.65. The lowest BCUT2D eigenvalue weighted by molar-refractivity contribution is -0.129. The second kappa shape index (κ2) is 7.66. The van der Waals surface area contributed by atoms with Gasteiger partial charge in [-0.15, -0.1) is 0 Å². The van der Waals surface area contributed by atoms with Crippen LogP contribution in [-0.4, -0.2) is 72.5 Å². The van der Waals surface area contributed by atoms with Gasteiger partial charge >= 0.3 is 6.09 Å². The first kappa shape index (κ1) is 17.6.